The molecule has 8 fully saturated rings. The summed E-state index contributed by atoms with van der Waals surface area (Å²) in [7, 11) is 0. The summed E-state index contributed by atoms with van der Waals surface area (Å²) in [6, 6.07) is 0. The van der Waals surface area contributed by atoms with Gasteiger partial charge in [-0.2, -0.15) is 0 Å². The van der Waals surface area contributed by atoms with Gasteiger partial charge in [0.2, 0.25) is 0 Å². The molecule has 0 saturated heterocycles. The highest BCUT2D eigenvalue weighted by atomic mass is 16.5. The molecule has 0 aliphatic heterocycles. The van der Waals surface area contributed by atoms with Crippen LogP contribution < -0.4 is 0 Å². The number of carboxylic acids is 1. The summed E-state index contributed by atoms with van der Waals surface area (Å²) in [5.41, 5.74) is 0.199. The Kier molecular flexibility index (Phi) is 10.9. The highest BCUT2D eigenvalue weighted by Crippen LogP contribution is 2.70. The molecule has 0 aromatic heterocycles. The molecule has 0 amide bonds. The molecule has 4 N–H and O–H groups in total. The van der Waals surface area contributed by atoms with Gasteiger partial charge < -0.3 is 25.2 Å². The van der Waals surface area contributed by atoms with E-state index in [9.17, 15) is 30.0 Å². The monoisotopic (exact) mass is 767 g/mol. The van der Waals surface area contributed by atoms with Gasteiger partial charge in [-0.15, -0.1) is 0 Å². The summed E-state index contributed by atoms with van der Waals surface area (Å²) < 4.78 is 6.32. The van der Waals surface area contributed by atoms with Crippen LogP contribution >= 0.6 is 0 Å². The number of aliphatic hydroxyl groups excluding tert-OH is 3. The van der Waals surface area contributed by atoms with Gasteiger partial charge in [-0.25, -0.2) is 0 Å². The molecule has 55 heavy (non-hydrogen) atoms. The Labute approximate surface area is 332 Å². The average Bonchev–Trinajstić information content (AvgIpc) is 3.70. The van der Waals surface area contributed by atoms with Gasteiger partial charge in [0.15, 0.2) is 0 Å². The zero-order chi connectivity index (χ0) is 39.2. The van der Waals surface area contributed by atoms with E-state index in [1.807, 2.05) is 0 Å². The van der Waals surface area contributed by atoms with Crippen molar-refractivity contribution in [1.82, 2.24) is 0 Å². The van der Waals surface area contributed by atoms with Crippen LogP contribution in [0.4, 0.5) is 0 Å². The number of fused-ring (bicyclic) bond motifs is 10. The van der Waals surface area contributed by atoms with Gasteiger partial charge in [0, 0.05) is 12.8 Å². The smallest absolute Gasteiger partial charge is 0.306 e. The molecule has 8 saturated carbocycles. The van der Waals surface area contributed by atoms with Gasteiger partial charge in [0.05, 0.1) is 18.3 Å². The minimum absolute atomic E-state index is 0.00923. The number of carbonyl (C=O) groups is 2. The zero-order valence-electron chi connectivity index (χ0n) is 35.4. The van der Waals surface area contributed by atoms with Crippen LogP contribution in [0.25, 0.3) is 0 Å². The maximum Gasteiger partial charge on any atom is 0.306 e. The van der Waals surface area contributed by atoms with Crippen LogP contribution in [-0.2, 0) is 14.3 Å². The second kappa shape index (κ2) is 14.8. The van der Waals surface area contributed by atoms with Gasteiger partial charge in [-0.1, -0.05) is 41.5 Å². The molecule has 0 unspecified atom stereocenters. The first kappa shape index (κ1) is 40.6. The van der Waals surface area contributed by atoms with Gasteiger partial charge >= 0.3 is 11.9 Å². The number of hydrogen-bond donors (Lipinski definition) is 4. The number of carboxylic acid groups (broad SMARTS) is 1. The summed E-state index contributed by atoms with van der Waals surface area (Å²) in [5, 5.41) is 43.7. The van der Waals surface area contributed by atoms with Crippen LogP contribution in [0.5, 0.6) is 0 Å². The number of ether oxygens (including phenoxy) is 1. The minimum atomic E-state index is -0.720. The van der Waals surface area contributed by atoms with Crippen LogP contribution in [0.15, 0.2) is 0 Å². The van der Waals surface area contributed by atoms with E-state index < -0.39 is 5.97 Å². The molecule has 8 rings (SSSR count). The predicted octanol–water partition coefficient (Wildman–Crippen LogP) is 9.44. The first-order chi connectivity index (χ1) is 26.0. The highest BCUT2D eigenvalue weighted by Gasteiger charge is 2.65. The van der Waals surface area contributed by atoms with Crippen LogP contribution in [0.1, 0.15) is 170 Å². The fraction of sp³-hybridized carbons (Fsp3) is 0.958. The Hall–Kier alpha value is -1.18. The molecule has 7 nitrogen and oxygen atoms in total. The topological polar surface area (TPSA) is 124 Å². The number of carbonyl (C=O) groups excluding carboxylic acids is 1. The SMILES string of the molecule is C[C@H](CCC(=O)O[C@@H]1CC[C@@]2(C)[C@H](CC[C@@H]3[C@@H]2C[C@H](O)[C@]2(C)[C@@H]([C@H](C)CCC(=O)O)CC[C@@H]32)C1)[C@H]1CC[C@H]2[C@@H]3CC[C@@H]4C[C@H](O)CC[C@]4(C)[C@H]3C[C@H](O)[C@]12C. The normalized spacial score (nSPS) is 52.7. The molecule has 0 aromatic carbocycles. The summed E-state index contributed by atoms with van der Waals surface area (Å²) in [6.07, 6.45) is 18.5. The van der Waals surface area contributed by atoms with Crippen molar-refractivity contribution in [2.75, 3.05) is 0 Å². The van der Waals surface area contributed by atoms with Gasteiger partial charge in [-0.3, -0.25) is 9.59 Å². The van der Waals surface area contributed by atoms with E-state index in [-0.39, 0.29) is 58.5 Å². The standard InChI is InChI=1S/C48H78O7/c1-27(7-17-43(52)53)35-13-15-38-34-12-10-30-24-32(20-22-46(30,4)40(34)26-42(51)47(35,38)5)55-44(54)18-8-28(2)36-14-16-37-33-11-9-29-23-31(49)19-21-45(29,3)39(33)25-41(50)48(36,37)6/h27-42,49-51H,7-26H2,1-6H3,(H,52,53)/t27-,28-,29-,30-,31-,32-,33+,34+,35-,36-,37+,38+,39+,40+,41+,42+,45+,46+,47-,48-/m1/s1. The maximum atomic E-state index is 13.5. The van der Waals surface area contributed by atoms with Crippen LogP contribution in [-0.4, -0.2) is 56.8 Å². The number of hydrogen-bond acceptors (Lipinski definition) is 6. The van der Waals surface area contributed by atoms with Crippen molar-refractivity contribution in [3.05, 3.63) is 0 Å². The molecule has 20 atom stereocenters. The van der Waals surface area contributed by atoms with Gasteiger partial charge in [-0.05, 0) is 208 Å². The van der Waals surface area contributed by atoms with E-state index in [4.69, 9.17) is 4.74 Å². The van der Waals surface area contributed by atoms with E-state index in [0.29, 0.717) is 83.9 Å². The number of aliphatic hydroxyl groups is 3. The zero-order valence-corrected chi connectivity index (χ0v) is 35.4. The predicted molar refractivity (Wildman–Crippen MR) is 214 cm³/mol. The fourth-order valence-corrected chi connectivity index (χ4v) is 17.8. The molecule has 0 heterocycles. The van der Waals surface area contributed by atoms with E-state index in [2.05, 4.69) is 41.5 Å². The van der Waals surface area contributed by atoms with Crippen molar-refractivity contribution in [2.45, 2.75) is 194 Å². The minimum Gasteiger partial charge on any atom is -0.481 e. The largest absolute Gasteiger partial charge is 0.481 e. The van der Waals surface area contributed by atoms with Gasteiger partial charge in [0.25, 0.3) is 0 Å². The van der Waals surface area contributed by atoms with E-state index >= 15 is 0 Å². The number of esters is 1. The van der Waals surface area contributed by atoms with Crippen molar-refractivity contribution in [3.8, 4) is 0 Å². The molecule has 7 heteroatoms. The molecule has 0 spiro atoms. The Morgan fingerprint density at radius 3 is 1.62 bits per heavy atom. The Morgan fingerprint density at radius 1 is 0.600 bits per heavy atom. The Bertz CT molecular complexity index is 1430. The Balaban J connectivity index is 0.846. The van der Waals surface area contributed by atoms with Gasteiger partial charge in [0.1, 0.15) is 6.10 Å². The third-order valence-corrected chi connectivity index (χ3v) is 20.9. The second-order valence-corrected chi connectivity index (χ2v) is 22.7. The lowest BCUT2D eigenvalue weighted by atomic mass is 9.43. The Morgan fingerprint density at radius 2 is 1.09 bits per heavy atom. The fourth-order valence-electron chi connectivity index (χ4n) is 17.8. The van der Waals surface area contributed by atoms with Crippen molar-refractivity contribution in [1.29, 1.82) is 0 Å². The molecular weight excluding hydrogens is 689 g/mol. The van der Waals surface area contributed by atoms with Crippen LogP contribution in [0.3, 0.4) is 0 Å². The lowest BCUT2D eigenvalue weighted by molar-refractivity contribution is -0.182. The molecule has 0 radical (unpaired) electrons. The van der Waals surface area contributed by atoms with E-state index in [1.165, 1.54) is 32.1 Å². The second-order valence-electron chi connectivity index (χ2n) is 22.7. The third kappa shape index (κ3) is 6.50. The quantitative estimate of drug-likeness (QED) is 0.173. The summed E-state index contributed by atoms with van der Waals surface area (Å²) in [6.45, 7) is 14.3. The van der Waals surface area contributed by atoms with Crippen LogP contribution in [0, 0.1) is 92.7 Å². The highest BCUT2D eigenvalue weighted by molar-refractivity contribution is 5.69. The van der Waals surface area contributed by atoms with E-state index in [0.717, 1.165) is 77.0 Å². The molecule has 8 aliphatic carbocycles. The van der Waals surface area contributed by atoms with Crippen molar-refractivity contribution in [3.63, 3.8) is 0 Å². The first-order valence-corrected chi connectivity index (χ1v) is 23.5. The van der Waals surface area contributed by atoms with Crippen molar-refractivity contribution >= 4 is 11.9 Å². The lowest BCUT2D eigenvalue weighted by Gasteiger charge is -2.62. The summed E-state index contributed by atoms with van der Waals surface area (Å²) >= 11 is 0. The summed E-state index contributed by atoms with van der Waals surface area (Å²) in [5.74, 6) is 5.27. The van der Waals surface area contributed by atoms with Crippen molar-refractivity contribution in [2.24, 2.45) is 92.7 Å². The lowest BCUT2D eigenvalue weighted by Crippen LogP contribution is -2.59. The van der Waals surface area contributed by atoms with E-state index in [1.54, 1.807) is 0 Å². The first-order valence-electron chi connectivity index (χ1n) is 23.5. The maximum absolute atomic E-state index is 13.5. The third-order valence-electron chi connectivity index (χ3n) is 20.9. The molecular formula is C48H78O7. The molecule has 312 valence electrons. The van der Waals surface area contributed by atoms with Crippen molar-refractivity contribution < 1.29 is 34.8 Å². The number of aliphatic carboxylic acids is 1. The van der Waals surface area contributed by atoms with Crippen LogP contribution in [0.2, 0.25) is 0 Å². The molecule has 0 bridgehead atoms. The molecule has 8 aliphatic rings. The number of rotatable bonds is 9. The average molecular weight is 767 g/mol. The molecule has 0 aromatic rings. The summed E-state index contributed by atoms with van der Waals surface area (Å²) in [4.78, 5) is 24.9.